The van der Waals surface area contributed by atoms with Gasteiger partial charge in [-0.15, -0.1) is 11.3 Å². The molecule has 150 valence electrons. The highest BCUT2D eigenvalue weighted by Crippen LogP contribution is 2.40. The maximum Gasteiger partial charge on any atom is 0.248 e. The molecule has 2 N–H and O–H groups in total. The highest BCUT2D eigenvalue weighted by Gasteiger charge is 2.24. The summed E-state index contributed by atoms with van der Waals surface area (Å²) < 4.78 is 0. The van der Waals surface area contributed by atoms with Crippen LogP contribution in [0.4, 0.5) is 0 Å². The van der Waals surface area contributed by atoms with E-state index < -0.39 is 0 Å². The summed E-state index contributed by atoms with van der Waals surface area (Å²) in [6, 6.07) is 0. The lowest BCUT2D eigenvalue weighted by atomic mass is 9.89. The molecular weight excluding hydrogens is 392 g/mol. The number of rotatable bonds is 4. The summed E-state index contributed by atoms with van der Waals surface area (Å²) in [7, 11) is 0. The lowest BCUT2D eigenvalue weighted by Crippen LogP contribution is -2.45. The van der Waals surface area contributed by atoms with Gasteiger partial charge in [-0.3, -0.25) is 20.4 Å². The molecule has 0 saturated heterocycles. The van der Waals surface area contributed by atoms with E-state index in [1.807, 2.05) is 0 Å². The Hall–Kier alpha value is -1.67. The second kappa shape index (κ2) is 8.78. The summed E-state index contributed by atoms with van der Waals surface area (Å²) in [5.74, 6) is 0.686. The zero-order chi connectivity index (χ0) is 19.5. The van der Waals surface area contributed by atoms with Gasteiger partial charge in [0.05, 0.1) is 5.75 Å². The van der Waals surface area contributed by atoms with Crippen molar-refractivity contribution in [1.82, 2.24) is 20.8 Å². The van der Waals surface area contributed by atoms with Crippen molar-refractivity contribution in [2.75, 3.05) is 5.75 Å². The van der Waals surface area contributed by atoms with Crippen molar-refractivity contribution in [3.05, 3.63) is 16.8 Å². The van der Waals surface area contributed by atoms with Crippen LogP contribution < -0.4 is 10.9 Å². The number of carbonyl (C=O) groups is 2. The average molecular weight is 419 g/mol. The minimum Gasteiger partial charge on any atom is -0.273 e. The molecular formula is C20H26N4O2S2. The Morgan fingerprint density at radius 3 is 2.82 bits per heavy atom. The maximum atomic E-state index is 12.2. The van der Waals surface area contributed by atoms with E-state index in [4.69, 9.17) is 0 Å². The Morgan fingerprint density at radius 2 is 2.00 bits per heavy atom. The first kappa shape index (κ1) is 19.6. The van der Waals surface area contributed by atoms with E-state index in [1.165, 1.54) is 35.0 Å². The van der Waals surface area contributed by atoms with Crippen LogP contribution in [-0.2, 0) is 22.4 Å². The molecule has 28 heavy (non-hydrogen) atoms. The fourth-order valence-corrected chi connectivity index (χ4v) is 6.36. The van der Waals surface area contributed by atoms with Gasteiger partial charge >= 0.3 is 0 Å². The normalized spacial score (nSPS) is 20.0. The van der Waals surface area contributed by atoms with E-state index in [9.17, 15) is 9.59 Å². The third kappa shape index (κ3) is 4.33. The third-order valence-corrected chi connectivity index (χ3v) is 7.85. The molecule has 0 bridgehead atoms. The maximum absolute atomic E-state index is 12.2. The molecule has 2 aromatic heterocycles. The van der Waals surface area contributed by atoms with Crippen molar-refractivity contribution >= 4 is 45.1 Å². The first-order valence-corrected chi connectivity index (χ1v) is 11.9. The lowest BCUT2D eigenvalue weighted by Gasteiger charge is -2.20. The number of carbonyl (C=O) groups excluding carboxylic acids is 2. The molecule has 6 nitrogen and oxygen atoms in total. The monoisotopic (exact) mass is 418 g/mol. The predicted octanol–water partition coefficient (Wildman–Crippen LogP) is 3.64. The Bertz CT molecular complexity index is 876. The number of thiophene rings is 1. The molecule has 1 unspecified atom stereocenters. The Labute approximate surface area is 173 Å². The number of thioether (sulfide) groups is 1. The number of nitrogens with one attached hydrogen (secondary N) is 2. The summed E-state index contributed by atoms with van der Waals surface area (Å²) in [6.07, 6.45) is 10.1. The molecule has 0 aliphatic heterocycles. The minimum absolute atomic E-state index is 0.0305. The molecule has 2 aliphatic rings. The highest BCUT2D eigenvalue weighted by molar-refractivity contribution is 8.00. The Balaban J connectivity index is 1.36. The number of aryl methyl sites for hydroxylation is 1. The molecule has 0 aromatic carbocycles. The first-order valence-electron chi connectivity index (χ1n) is 10.1. The molecule has 1 atom stereocenters. The third-order valence-electron chi connectivity index (χ3n) is 5.70. The number of aromatic nitrogens is 2. The molecule has 2 heterocycles. The second-order valence-electron chi connectivity index (χ2n) is 7.87. The summed E-state index contributed by atoms with van der Waals surface area (Å²) in [5, 5.41) is 1.99. The van der Waals surface area contributed by atoms with Gasteiger partial charge < -0.3 is 0 Å². The van der Waals surface area contributed by atoms with Gasteiger partial charge in [0.25, 0.3) is 0 Å². The average Bonchev–Trinajstić information content (AvgIpc) is 3.09. The van der Waals surface area contributed by atoms with Crippen molar-refractivity contribution in [1.29, 1.82) is 0 Å². The molecule has 1 saturated carbocycles. The number of amides is 2. The number of hydrogen-bond donors (Lipinski definition) is 2. The Kier molecular flexibility index (Phi) is 6.16. The van der Waals surface area contributed by atoms with Crippen LogP contribution in [-0.4, -0.2) is 27.5 Å². The zero-order valence-corrected chi connectivity index (χ0v) is 17.8. The van der Waals surface area contributed by atoms with Crippen LogP contribution in [0.25, 0.3) is 10.2 Å². The second-order valence-corrected chi connectivity index (χ2v) is 9.92. The topological polar surface area (TPSA) is 84.0 Å². The van der Waals surface area contributed by atoms with Crippen LogP contribution in [0.1, 0.15) is 55.9 Å². The largest absolute Gasteiger partial charge is 0.273 e. The SMILES string of the molecule is CC1CCc2c(sc3ncnc(SCC(=O)NNC(=O)C4CCCCC4)c23)C1. The van der Waals surface area contributed by atoms with Crippen LogP contribution in [0, 0.1) is 11.8 Å². The van der Waals surface area contributed by atoms with E-state index in [-0.39, 0.29) is 23.5 Å². The molecule has 1 fully saturated rings. The van der Waals surface area contributed by atoms with Gasteiger partial charge in [0.15, 0.2) is 0 Å². The molecule has 4 rings (SSSR count). The van der Waals surface area contributed by atoms with Crippen LogP contribution in [0.5, 0.6) is 0 Å². The molecule has 2 amide bonds. The van der Waals surface area contributed by atoms with E-state index in [2.05, 4.69) is 27.7 Å². The van der Waals surface area contributed by atoms with Crippen LogP contribution in [0.15, 0.2) is 11.4 Å². The number of nitrogens with zero attached hydrogens (tertiary/aromatic N) is 2. The van der Waals surface area contributed by atoms with Crippen molar-refractivity contribution in [2.45, 2.75) is 63.3 Å². The van der Waals surface area contributed by atoms with Crippen molar-refractivity contribution in [3.63, 3.8) is 0 Å². The van der Waals surface area contributed by atoms with E-state index in [1.54, 1.807) is 17.7 Å². The fraction of sp³-hybridized carbons (Fsp3) is 0.600. The van der Waals surface area contributed by atoms with E-state index in [0.29, 0.717) is 5.92 Å². The first-order chi connectivity index (χ1) is 13.6. The van der Waals surface area contributed by atoms with Gasteiger partial charge in [-0.1, -0.05) is 37.9 Å². The van der Waals surface area contributed by atoms with Crippen LogP contribution >= 0.6 is 23.1 Å². The summed E-state index contributed by atoms with van der Waals surface area (Å²) >= 11 is 3.18. The standard InChI is InChI=1S/C20H26N4O2S2/c1-12-7-8-14-15(9-12)28-20-17(14)19(21-11-22-20)27-10-16(25)23-24-18(26)13-5-3-2-4-6-13/h11-13H,2-10H2,1H3,(H,23,25)(H,24,26). The highest BCUT2D eigenvalue weighted by atomic mass is 32.2. The predicted molar refractivity (Wildman–Crippen MR) is 112 cm³/mol. The van der Waals surface area contributed by atoms with Crippen molar-refractivity contribution < 1.29 is 9.59 Å². The van der Waals surface area contributed by atoms with Gasteiger partial charge in [0.1, 0.15) is 16.2 Å². The fourth-order valence-electron chi connectivity index (χ4n) is 4.12. The van der Waals surface area contributed by atoms with Gasteiger partial charge in [-0.2, -0.15) is 0 Å². The molecule has 0 spiro atoms. The lowest BCUT2D eigenvalue weighted by molar-refractivity contribution is -0.131. The number of hydrogen-bond acceptors (Lipinski definition) is 6. The number of fused-ring (bicyclic) bond motifs is 3. The van der Waals surface area contributed by atoms with Gasteiger partial charge in [-0.25, -0.2) is 9.97 Å². The van der Waals surface area contributed by atoms with Crippen molar-refractivity contribution in [3.8, 4) is 0 Å². The molecule has 2 aliphatic carbocycles. The van der Waals surface area contributed by atoms with Crippen molar-refractivity contribution in [2.24, 2.45) is 11.8 Å². The zero-order valence-electron chi connectivity index (χ0n) is 16.1. The van der Waals surface area contributed by atoms with Crippen LogP contribution in [0.3, 0.4) is 0 Å². The van der Waals surface area contributed by atoms with Gasteiger partial charge in [0.2, 0.25) is 11.8 Å². The summed E-state index contributed by atoms with van der Waals surface area (Å²) in [6.45, 7) is 2.29. The Morgan fingerprint density at radius 1 is 1.18 bits per heavy atom. The van der Waals surface area contributed by atoms with E-state index >= 15 is 0 Å². The van der Waals surface area contributed by atoms with Crippen LogP contribution in [0.2, 0.25) is 0 Å². The molecule has 0 radical (unpaired) electrons. The molecule has 2 aromatic rings. The smallest absolute Gasteiger partial charge is 0.248 e. The van der Waals surface area contributed by atoms with Gasteiger partial charge in [-0.05, 0) is 43.6 Å². The van der Waals surface area contributed by atoms with Gasteiger partial charge in [0, 0.05) is 16.2 Å². The summed E-state index contributed by atoms with van der Waals surface area (Å²) in [5.41, 5.74) is 6.52. The summed E-state index contributed by atoms with van der Waals surface area (Å²) in [4.78, 5) is 35.7. The minimum atomic E-state index is -0.210. The number of hydrazine groups is 1. The van der Waals surface area contributed by atoms with E-state index in [0.717, 1.165) is 53.8 Å². The quantitative estimate of drug-likeness (QED) is 0.450. The molecule has 8 heteroatoms.